The Kier molecular flexibility index (Phi) is 6.66. The number of rotatable bonds is 5. The number of piperazine rings is 1. The molecule has 0 unspecified atom stereocenters. The van der Waals surface area contributed by atoms with Gasteiger partial charge in [-0.05, 0) is 33.4 Å². The SMILES string of the molecule is O=C(OCCOc1cccc2ccccc12)N1CCN(C(=O)c2cncc(Br)c2)CC1. The van der Waals surface area contributed by atoms with Gasteiger partial charge in [-0.2, -0.15) is 0 Å². The zero-order valence-electron chi connectivity index (χ0n) is 16.9. The van der Waals surface area contributed by atoms with Gasteiger partial charge in [-0.25, -0.2) is 4.79 Å². The highest BCUT2D eigenvalue weighted by molar-refractivity contribution is 9.10. The Bertz CT molecular complexity index is 1080. The molecule has 1 saturated heterocycles. The second kappa shape index (κ2) is 9.78. The van der Waals surface area contributed by atoms with E-state index in [1.54, 1.807) is 28.3 Å². The van der Waals surface area contributed by atoms with Crippen LogP contribution in [0.2, 0.25) is 0 Å². The normalized spacial score (nSPS) is 13.8. The largest absolute Gasteiger partial charge is 0.489 e. The summed E-state index contributed by atoms with van der Waals surface area (Å²) < 4.78 is 11.9. The Balaban J connectivity index is 1.22. The molecule has 0 bridgehead atoms. The van der Waals surface area contributed by atoms with Crippen molar-refractivity contribution in [3.63, 3.8) is 0 Å². The van der Waals surface area contributed by atoms with Gasteiger partial charge in [0.1, 0.15) is 19.0 Å². The zero-order valence-corrected chi connectivity index (χ0v) is 18.5. The summed E-state index contributed by atoms with van der Waals surface area (Å²) in [6.45, 7) is 2.19. The molecule has 3 aromatic rings. The molecule has 8 heteroatoms. The van der Waals surface area contributed by atoms with Crippen LogP contribution in [-0.4, -0.2) is 66.2 Å². The molecule has 0 atom stereocenters. The van der Waals surface area contributed by atoms with E-state index >= 15 is 0 Å². The monoisotopic (exact) mass is 483 g/mol. The van der Waals surface area contributed by atoms with Gasteiger partial charge in [-0.1, -0.05) is 36.4 Å². The number of hydrogen-bond donors (Lipinski definition) is 0. The highest BCUT2D eigenvalue weighted by Crippen LogP contribution is 2.25. The quantitative estimate of drug-likeness (QED) is 0.513. The van der Waals surface area contributed by atoms with Crippen LogP contribution >= 0.6 is 15.9 Å². The maximum absolute atomic E-state index is 12.6. The number of halogens is 1. The Hall–Kier alpha value is -3.13. The molecule has 1 fully saturated rings. The van der Waals surface area contributed by atoms with Crippen molar-refractivity contribution in [2.75, 3.05) is 39.4 Å². The number of ether oxygens (including phenoxy) is 2. The van der Waals surface area contributed by atoms with Crippen LogP contribution in [0.3, 0.4) is 0 Å². The third kappa shape index (κ3) is 5.14. The first kappa shape index (κ1) is 21.1. The molecule has 31 heavy (non-hydrogen) atoms. The van der Waals surface area contributed by atoms with Crippen LogP contribution < -0.4 is 4.74 Å². The van der Waals surface area contributed by atoms with Crippen LogP contribution in [0.4, 0.5) is 4.79 Å². The number of hydrogen-bond acceptors (Lipinski definition) is 5. The van der Waals surface area contributed by atoms with E-state index < -0.39 is 6.09 Å². The summed E-state index contributed by atoms with van der Waals surface area (Å²) in [4.78, 5) is 32.3. The molecule has 0 radical (unpaired) electrons. The van der Waals surface area contributed by atoms with Crippen molar-refractivity contribution >= 4 is 38.7 Å². The Morgan fingerprint density at radius 3 is 2.48 bits per heavy atom. The van der Waals surface area contributed by atoms with Crippen LogP contribution in [0.15, 0.2) is 65.4 Å². The van der Waals surface area contributed by atoms with Gasteiger partial charge in [0.25, 0.3) is 5.91 Å². The molecule has 4 rings (SSSR count). The van der Waals surface area contributed by atoms with E-state index in [0.29, 0.717) is 31.7 Å². The summed E-state index contributed by atoms with van der Waals surface area (Å²) in [5, 5.41) is 2.13. The lowest BCUT2D eigenvalue weighted by atomic mass is 10.1. The number of nitrogens with zero attached hydrogens (tertiary/aromatic N) is 3. The van der Waals surface area contributed by atoms with Crippen LogP contribution in [0.5, 0.6) is 5.75 Å². The fraction of sp³-hybridized carbons (Fsp3) is 0.261. The van der Waals surface area contributed by atoms with Crippen LogP contribution in [0.1, 0.15) is 10.4 Å². The summed E-state index contributed by atoms with van der Waals surface area (Å²) in [5.74, 6) is 0.675. The minimum absolute atomic E-state index is 0.0923. The number of carbonyl (C=O) groups excluding carboxylic acids is 2. The molecule has 1 aromatic heterocycles. The van der Waals surface area contributed by atoms with E-state index in [1.807, 2.05) is 42.5 Å². The molecule has 0 spiro atoms. The van der Waals surface area contributed by atoms with Gasteiger partial charge in [0, 0.05) is 48.4 Å². The van der Waals surface area contributed by atoms with Gasteiger partial charge in [0.15, 0.2) is 0 Å². The second-order valence-electron chi connectivity index (χ2n) is 7.11. The zero-order chi connectivity index (χ0) is 21.6. The first-order valence-electron chi connectivity index (χ1n) is 10.0. The molecule has 2 heterocycles. The van der Waals surface area contributed by atoms with Gasteiger partial charge in [0.2, 0.25) is 0 Å². The Morgan fingerprint density at radius 1 is 0.935 bits per heavy atom. The smallest absolute Gasteiger partial charge is 0.410 e. The number of fused-ring (bicyclic) bond motifs is 1. The number of pyridine rings is 1. The van der Waals surface area contributed by atoms with Gasteiger partial charge >= 0.3 is 6.09 Å². The molecule has 2 aromatic carbocycles. The van der Waals surface area contributed by atoms with Gasteiger partial charge in [-0.3, -0.25) is 9.78 Å². The summed E-state index contributed by atoms with van der Waals surface area (Å²) in [6.07, 6.45) is 2.79. The fourth-order valence-corrected chi connectivity index (χ4v) is 3.86. The van der Waals surface area contributed by atoms with E-state index in [0.717, 1.165) is 21.0 Å². The Labute approximate surface area is 188 Å². The molecule has 1 aliphatic heterocycles. The van der Waals surface area contributed by atoms with Crippen LogP contribution in [-0.2, 0) is 4.74 Å². The van der Waals surface area contributed by atoms with Crippen molar-refractivity contribution in [3.8, 4) is 5.75 Å². The van der Waals surface area contributed by atoms with Crippen molar-refractivity contribution in [3.05, 3.63) is 71.0 Å². The van der Waals surface area contributed by atoms with Gasteiger partial charge in [-0.15, -0.1) is 0 Å². The van der Waals surface area contributed by atoms with Crippen molar-refractivity contribution in [2.45, 2.75) is 0 Å². The van der Waals surface area contributed by atoms with Crippen molar-refractivity contribution in [1.29, 1.82) is 0 Å². The van der Waals surface area contributed by atoms with Gasteiger partial charge < -0.3 is 19.3 Å². The summed E-state index contributed by atoms with van der Waals surface area (Å²) >= 11 is 3.33. The average molecular weight is 484 g/mol. The highest BCUT2D eigenvalue weighted by Gasteiger charge is 2.25. The first-order valence-corrected chi connectivity index (χ1v) is 10.8. The molecule has 7 nitrogen and oxygen atoms in total. The summed E-state index contributed by atoms with van der Waals surface area (Å²) in [5.41, 5.74) is 0.524. The fourth-order valence-electron chi connectivity index (χ4n) is 3.50. The van der Waals surface area contributed by atoms with Crippen LogP contribution in [0.25, 0.3) is 10.8 Å². The molecule has 0 aliphatic carbocycles. The van der Waals surface area contributed by atoms with E-state index in [2.05, 4.69) is 20.9 Å². The molecule has 160 valence electrons. The lowest BCUT2D eigenvalue weighted by Crippen LogP contribution is -2.50. The third-order valence-electron chi connectivity index (χ3n) is 5.09. The van der Waals surface area contributed by atoms with Crippen LogP contribution in [0, 0.1) is 0 Å². The van der Waals surface area contributed by atoms with E-state index in [4.69, 9.17) is 9.47 Å². The first-order chi connectivity index (χ1) is 15.1. The van der Waals surface area contributed by atoms with Crippen molar-refractivity contribution < 1.29 is 19.1 Å². The van der Waals surface area contributed by atoms with E-state index in [9.17, 15) is 9.59 Å². The van der Waals surface area contributed by atoms with E-state index in [1.165, 1.54) is 0 Å². The molecule has 0 saturated carbocycles. The maximum atomic E-state index is 12.6. The summed E-state index contributed by atoms with van der Waals surface area (Å²) in [7, 11) is 0. The molecule has 2 amide bonds. The predicted octanol–water partition coefficient (Wildman–Crippen LogP) is 3.97. The summed E-state index contributed by atoms with van der Waals surface area (Å²) in [6, 6.07) is 15.6. The standard InChI is InChI=1S/C23H22BrN3O4/c24-19-14-18(15-25-16-19)22(28)26-8-10-27(11-9-26)23(29)31-13-12-30-21-7-3-5-17-4-1-2-6-20(17)21/h1-7,14-16H,8-13H2. The molecule has 0 N–H and O–H groups in total. The molecular formula is C23H22BrN3O4. The molecule has 1 aliphatic rings. The lowest BCUT2D eigenvalue weighted by Gasteiger charge is -2.34. The molecular weight excluding hydrogens is 462 g/mol. The minimum Gasteiger partial charge on any atom is -0.489 e. The number of amides is 2. The lowest BCUT2D eigenvalue weighted by molar-refractivity contribution is 0.0529. The number of carbonyl (C=O) groups is 2. The minimum atomic E-state index is -0.391. The maximum Gasteiger partial charge on any atom is 0.410 e. The Morgan fingerprint density at radius 2 is 1.68 bits per heavy atom. The van der Waals surface area contributed by atoms with Gasteiger partial charge in [0.05, 0.1) is 5.56 Å². The highest BCUT2D eigenvalue weighted by atomic mass is 79.9. The topological polar surface area (TPSA) is 72.0 Å². The predicted molar refractivity (Wildman–Crippen MR) is 120 cm³/mol. The van der Waals surface area contributed by atoms with Crippen molar-refractivity contribution in [1.82, 2.24) is 14.8 Å². The average Bonchev–Trinajstić information content (AvgIpc) is 2.81. The third-order valence-corrected chi connectivity index (χ3v) is 5.53. The van der Waals surface area contributed by atoms with Crippen molar-refractivity contribution in [2.24, 2.45) is 0 Å². The van der Waals surface area contributed by atoms with E-state index in [-0.39, 0.29) is 19.1 Å². The number of aromatic nitrogens is 1. The second-order valence-corrected chi connectivity index (χ2v) is 8.03. The number of benzene rings is 2.